The maximum absolute atomic E-state index is 15.3. The Hall–Kier alpha value is -3.11. The van der Waals surface area contributed by atoms with Gasteiger partial charge in [-0.2, -0.15) is 4.68 Å². The first-order valence-electron chi connectivity index (χ1n) is 11.0. The molecule has 0 fully saturated rings. The Labute approximate surface area is 203 Å². The van der Waals surface area contributed by atoms with E-state index in [1.807, 2.05) is 81.4 Å². The van der Waals surface area contributed by atoms with E-state index in [1.54, 1.807) is 0 Å². The SMILES string of the molecule is CC(CO[Si](c1ccccc1)(c1ccccc1)C(C)(C)C)(C(F)F)C(F)Oc1ccn(C(=O)O)n1. The van der Waals surface area contributed by atoms with Crippen molar-refractivity contribution in [2.75, 3.05) is 6.61 Å². The van der Waals surface area contributed by atoms with Gasteiger partial charge in [0.05, 0.1) is 6.61 Å². The van der Waals surface area contributed by atoms with Gasteiger partial charge >= 0.3 is 6.09 Å². The van der Waals surface area contributed by atoms with Gasteiger partial charge in [0.25, 0.3) is 21.1 Å². The zero-order valence-electron chi connectivity index (χ0n) is 20.0. The maximum atomic E-state index is 15.3. The van der Waals surface area contributed by atoms with Crippen LogP contribution in [-0.2, 0) is 4.43 Å². The Kier molecular flexibility index (Phi) is 7.76. The lowest BCUT2D eigenvalue weighted by Crippen LogP contribution is -2.67. The number of rotatable bonds is 9. The second-order valence-electron chi connectivity index (χ2n) is 9.57. The summed E-state index contributed by atoms with van der Waals surface area (Å²) in [6.07, 6.45) is -6.04. The number of hydrogen-bond acceptors (Lipinski definition) is 4. The van der Waals surface area contributed by atoms with Gasteiger partial charge in [-0.25, -0.2) is 18.0 Å². The third-order valence-corrected chi connectivity index (χ3v) is 11.0. The Morgan fingerprint density at radius 1 is 0.971 bits per heavy atom. The number of halogens is 3. The van der Waals surface area contributed by atoms with E-state index in [0.29, 0.717) is 4.68 Å². The van der Waals surface area contributed by atoms with Crippen LogP contribution in [0.3, 0.4) is 0 Å². The van der Waals surface area contributed by atoms with Crippen LogP contribution >= 0.6 is 0 Å². The largest absolute Gasteiger partial charge is 0.463 e. The third-order valence-electron chi connectivity index (χ3n) is 6.02. The lowest BCUT2D eigenvalue weighted by molar-refractivity contribution is -0.143. The summed E-state index contributed by atoms with van der Waals surface area (Å²) in [6, 6.07) is 19.9. The molecule has 0 aliphatic rings. The molecule has 0 saturated heterocycles. The quantitative estimate of drug-likeness (QED) is 0.417. The number of carbonyl (C=O) groups is 1. The minimum atomic E-state index is -3.21. The highest BCUT2D eigenvalue weighted by Gasteiger charge is 2.54. The summed E-state index contributed by atoms with van der Waals surface area (Å²) < 4.78 is 56.0. The second kappa shape index (κ2) is 10.2. The smallest absolute Gasteiger partial charge is 0.432 e. The van der Waals surface area contributed by atoms with E-state index in [4.69, 9.17) is 14.3 Å². The van der Waals surface area contributed by atoms with Gasteiger partial charge in [-0.15, -0.1) is 5.10 Å². The van der Waals surface area contributed by atoms with Crippen molar-refractivity contribution in [3.05, 3.63) is 72.9 Å². The Balaban J connectivity index is 2.00. The summed E-state index contributed by atoms with van der Waals surface area (Å²) in [4.78, 5) is 11.0. The zero-order valence-corrected chi connectivity index (χ0v) is 21.0. The molecule has 188 valence electrons. The van der Waals surface area contributed by atoms with Crippen molar-refractivity contribution >= 4 is 24.8 Å². The summed E-state index contributed by atoms with van der Waals surface area (Å²) in [5.41, 5.74) is -2.36. The highest BCUT2D eigenvalue weighted by Crippen LogP contribution is 2.40. The van der Waals surface area contributed by atoms with Crippen LogP contribution in [0.25, 0.3) is 0 Å². The molecule has 2 aromatic carbocycles. The molecule has 2 unspecified atom stereocenters. The molecule has 35 heavy (non-hydrogen) atoms. The van der Waals surface area contributed by atoms with Crippen LogP contribution in [0.15, 0.2) is 72.9 Å². The van der Waals surface area contributed by atoms with Crippen LogP contribution < -0.4 is 15.1 Å². The number of ether oxygens (including phenoxy) is 1. The van der Waals surface area contributed by atoms with E-state index < -0.39 is 50.1 Å². The molecule has 0 aliphatic carbocycles. The standard InChI is InChI=1S/C25H29F3N2O4Si/c1-24(2,3)35(18-11-7-5-8-12-18,19-13-9-6-10-14-19)33-17-25(4,21(26)27)22(28)34-20-15-16-30(29-20)23(31)32/h5-16,21-22H,17H2,1-4H3,(H,31,32). The average Bonchev–Trinajstić information content (AvgIpc) is 3.28. The maximum Gasteiger partial charge on any atom is 0.432 e. The molecule has 2 atom stereocenters. The molecule has 0 amide bonds. The summed E-state index contributed by atoms with van der Waals surface area (Å²) >= 11 is 0. The highest BCUT2D eigenvalue weighted by atomic mass is 28.4. The van der Waals surface area contributed by atoms with Crippen LogP contribution in [0.5, 0.6) is 5.88 Å². The van der Waals surface area contributed by atoms with E-state index >= 15 is 4.39 Å². The summed E-state index contributed by atoms with van der Waals surface area (Å²) in [5.74, 6) is -0.419. The molecule has 1 aromatic heterocycles. The first-order valence-corrected chi connectivity index (χ1v) is 13.0. The fourth-order valence-electron chi connectivity index (χ4n) is 3.97. The van der Waals surface area contributed by atoms with Crippen molar-refractivity contribution in [3.8, 4) is 5.88 Å². The molecule has 0 radical (unpaired) electrons. The van der Waals surface area contributed by atoms with E-state index in [1.165, 1.54) is 0 Å². The molecule has 3 aromatic rings. The summed E-state index contributed by atoms with van der Waals surface area (Å²) in [7, 11) is -3.21. The molecule has 3 rings (SSSR count). The Morgan fingerprint density at radius 3 is 1.89 bits per heavy atom. The van der Waals surface area contributed by atoms with Gasteiger partial charge in [0.2, 0.25) is 5.88 Å². The molecule has 0 bridgehead atoms. The summed E-state index contributed by atoms with van der Waals surface area (Å²) in [6.45, 7) is 6.37. The van der Waals surface area contributed by atoms with Crippen LogP contribution in [0.4, 0.5) is 18.0 Å². The average molecular weight is 507 g/mol. The molecule has 0 aliphatic heterocycles. The number of nitrogens with zero attached hydrogens (tertiary/aromatic N) is 2. The monoisotopic (exact) mass is 506 g/mol. The first kappa shape index (κ1) is 26.5. The number of aromatic nitrogens is 2. The van der Waals surface area contributed by atoms with Gasteiger partial charge in [0.1, 0.15) is 5.41 Å². The van der Waals surface area contributed by atoms with Crippen molar-refractivity contribution in [1.29, 1.82) is 0 Å². The van der Waals surface area contributed by atoms with E-state index in [2.05, 4.69) is 5.10 Å². The fraction of sp³-hybridized carbons (Fsp3) is 0.360. The van der Waals surface area contributed by atoms with Crippen LogP contribution in [0, 0.1) is 5.41 Å². The van der Waals surface area contributed by atoms with Crippen LogP contribution in [-0.4, -0.2) is 48.7 Å². The highest BCUT2D eigenvalue weighted by molar-refractivity contribution is 6.99. The fourth-order valence-corrected chi connectivity index (χ4v) is 8.65. The number of benzene rings is 2. The van der Waals surface area contributed by atoms with Crippen molar-refractivity contribution in [2.24, 2.45) is 5.41 Å². The third kappa shape index (κ3) is 5.28. The van der Waals surface area contributed by atoms with Crippen LogP contribution in [0.2, 0.25) is 5.04 Å². The molecular formula is C25H29F3N2O4Si. The minimum absolute atomic E-state index is 0.419. The predicted octanol–water partition coefficient (Wildman–Crippen LogP) is 4.93. The lowest BCUT2D eigenvalue weighted by atomic mass is 9.92. The van der Waals surface area contributed by atoms with Crippen LogP contribution in [0.1, 0.15) is 27.7 Å². The van der Waals surface area contributed by atoms with Crippen molar-refractivity contribution in [3.63, 3.8) is 0 Å². The van der Waals surface area contributed by atoms with E-state index in [9.17, 15) is 13.6 Å². The van der Waals surface area contributed by atoms with Crippen molar-refractivity contribution in [2.45, 2.75) is 45.5 Å². The number of hydrogen-bond donors (Lipinski definition) is 1. The summed E-state index contributed by atoms with van der Waals surface area (Å²) in [5, 5.41) is 13.7. The predicted molar refractivity (Wildman–Crippen MR) is 129 cm³/mol. The van der Waals surface area contributed by atoms with E-state index in [0.717, 1.165) is 29.6 Å². The van der Waals surface area contributed by atoms with Crippen molar-refractivity contribution in [1.82, 2.24) is 9.78 Å². The van der Waals surface area contributed by atoms with Gasteiger partial charge in [0, 0.05) is 12.3 Å². The molecule has 0 saturated carbocycles. The first-order chi connectivity index (χ1) is 16.4. The number of carboxylic acid groups (broad SMARTS) is 1. The Morgan fingerprint density at radius 2 is 1.49 bits per heavy atom. The van der Waals surface area contributed by atoms with Gasteiger partial charge in [0.15, 0.2) is 0 Å². The minimum Gasteiger partial charge on any atom is -0.463 e. The second-order valence-corrected chi connectivity index (χ2v) is 13.9. The zero-order chi connectivity index (χ0) is 25.9. The van der Waals surface area contributed by atoms with Gasteiger partial charge in [-0.05, 0) is 22.3 Å². The normalized spacial score (nSPS) is 15.0. The van der Waals surface area contributed by atoms with Gasteiger partial charge < -0.3 is 14.3 Å². The lowest BCUT2D eigenvalue weighted by Gasteiger charge is -2.45. The molecule has 10 heteroatoms. The van der Waals surface area contributed by atoms with Crippen molar-refractivity contribution < 1.29 is 32.2 Å². The topological polar surface area (TPSA) is 73.6 Å². The molecular weight excluding hydrogens is 477 g/mol. The molecule has 1 heterocycles. The molecule has 1 N–H and O–H groups in total. The van der Waals surface area contributed by atoms with Gasteiger partial charge in [-0.1, -0.05) is 81.4 Å². The Bertz CT molecular complexity index is 1080. The molecule has 6 nitrogen and oxygen atoms in total. The van der Waals surface area contributed by atoms with E-state index in [-0.39, 0.29) is 0 Å². The number of alkyl halides is 3. The molecule has 0 spiro atoms. The van der Waals surface area contributed by atoms with Gasteiger partial charge in [-0.3, -0.25) is 0 Å².